The van der Waals surface area contributed by atoms with Gasteiger partial charge in [-0.1, -0.05) is 0 Å². The van der Waals surface area contributed by atoms with Crippen molar-refractivity contribution in [2.45, 2.75) is 45.3 Å². The second kappa shape index (κ2) is 5.04. The van der Waals surface area contributed by atoms with Gasteiger partial charge >= 0.3 is 6.09 Å². The Labute approximate surface area is 98.5 Å². The van der Waals surface area contributed by atoms with Crippen molar-refractivity contribution in [2.75, 3.05) is 27.2 Å². The number of rotatable bonds is 1. The zero-order valence-corrected chi connectivity index (χ0v) is 11.1. The van der Waals surface area contributed by atoms with Gasteiger partial charge in [0.25, 0.3) is 0 Å². The standard InChI is InChI=1S/C12H24N2O2/c1-12(2,3)16-11(15)14(5)10-6-8-13(4)9-7-10/h10H,6-9H2,1-5H3. The molecule has 0 saturated carbocycles. The topological polar surface area (TPSA) is 32.8 Å². The maximum Gasteiger partial charge on any atom is 0.410 e. The van der Waals surface area contributed by atoms with Crippen molar-refractivity contribution < 1.29 is 9.53 Å². The van der Waals surface area contributed by atoms with Crippen LogP contribution in [0.2, 0.25) is 0 Å². The van der Waals surface area contributed by atoms with E-state index in [0.29, 0.717) is 6.04 Å². The zero-order chi connectivity index (χ0) is 12.3. The normalized spacial score (nSPS) is 19.6. The molecular weight excluding hydrogens is 204 g/mol. The van der Waals surface area contributed by atoms with Crippen molar-refractivity contribution in [3.63, 3.8) is 0 Å². The zero-order valence-electron chi connectivity index (χ0n) is 11.1. The van der Waals surface area contributed by atoms with Crippen LogP contribution in [-0.2, 0) is 4.74 Å². The van der Waals surface area contributed by atoms with Crippen molar-refractivity contribution in [3.05, 3.63) is 0 Å². The number of carbonyl (C=O) groups is 1. The Kier molecular flexibility index (Phi) is 4.19. The summed E-state index contributed by atoms with van der Waals surface area (Å²) in [5.74, 6) is 0. The second-order valence-corrected chi connectivity index (χ2v) is 5.63. The first-order valence-corrected chi connectivity index (χ1v) is 5.94. The first kappa shape index (κ1) is 13.3. The molecule has 0 bridgehead atoms. The molecule has 0 aromatic heterocycles. The van der Waals surface area contributed by atoms with Crippen LogP contribution >= 0.6 is 0 Å². The average Bonchev–Trinajstić information content (AvgIpc) is 2.15. The fourth-order valence-corrected chi connectivity index (χ4v) is 1.87. The Morgan fingerprint density at radius 2 is 1.81 bits per heavy atom. The van der Waals surface area contributed by atoms with E-state index in [2.05, 4.69) is 11.9 Å². The van der Waals surface area contributed by atoms with Gasteiger partial charge in [0.2, 0.25) is 0 Å². The summed E-state index contributed by atoms with van der Waals surface area (Å²) >= 11 is 0. The van der Waals surface area contributed by atoms with Gasteiger partial charge in [0, 0.05) is 13.1 Å². The van der Waals surface area contributed by atoms with Crippen LogP contribution in [0.1, 0.15) is 33.6 Å². The van der Waals surface area contributed by atoms with Crippen LogP contribution in [-0.4, -0.2) is 54.7 Å². The Morgan fingerprint density at radius 3 is 2.25 bits per heavy atom. The molecule has 94 valence electrons. The van der Waals surface area contributed by atoms with Crippen LogP contribution in [0.5, 0.6) is 0 Å². The maximum absolute atomic E-state index is 11.8. The highest BCUT2D eigenvalue weighted by atomic mass is 16.6. The number of carbonyl (C=O) groups excluding carboxylic acids is 1. The highest BCUT2D eigenvalue weighted by molar-refractivity contribution is 5.68. The SMILES string of the molecule is CN1CCC(N(C)C(=O)OC(C)(C)C)CC1. The molecule has 0 aromatic carbocycles. The van der Waals surface area contributed by atoms with E-state index >= 15 is 0 Å². The van der Waals surface area contributed by atoms with Gasteiger partial charge in [-0.25, -0.2) is 4.79 Å². The molecular formula is C12H24N2O2. The molecule has 1 heterocycles. The van der Waals surface area contributed by atoms with Gasteiger partial charge in [0.05, 0.1) is 0 Å². The first-order valence-electron chi connectivity index (χ1n) is 5.94. The lowest BCUT2D eigenvalue weighted by atomic mass is 10.0. The van der Waals surface area contributed by atoms with Gasteiger partial charge in [0.1, 0.15) is 5.60 Å². The van der Waals surface area contributed by atoms with E-state index in [9.17, 15) is 4.79 Å². The largest absolute Gasteiger partial charge is 0.444 e. The molecule has 0 radical (unpaired) electrons. The highest BCUT2D eigenvalue weighted by Gasteiger charge is 2.27. The Hall–Kier alpha value is -0.770. The van der Waals surface area contributed by atoms with Crippen molar-refractivity contribution >= 4 is 6.09 Å². The second-order valence-electron chi connectivity index (χ2n) is 5.63. The molecule has 0 atom stereocenters. The smallest absolute Gasteiger partial charge is 0.410 e. The molecule has 4 heteroatoms. The van der Waals surface area contributed by atoms with Crippen molar-refractivity contribution in [2.24, 2.45) is 0 Å². The maximum atomic E-state index is 11.8. The molecule has 1 aliphatic heterocycles. The molecule has 0 aromatic rings. The quantitative estimate of drug-likeness (QED) is 0.687. The predicted molar refractivity (Wildman–Crippen MR) is 64.5 cm³/mol. The summed E-state index contributed by atoms with van der Waals surface area (Å²) in [5.41, 5.74) is -0.406. The summed E-state index contributed by atoms with van der Waals surface area (Å²) in [6, 6.07) is 0.325. The van der Waals surface area contributed by atoms with E-state index < -0.39 is 5.60 Å². The third-order valence-corrected chi connectivity index (χ3v) is 2.92. The van der Waals surface area contributed by atoms with E-state index in [1.807, 2.05) is 27.8 Å². The molecule has 1 rings (SSSR count). The number of piperidine rings is 1. The van der Waals surface area contributed by atoms with E-state index in [1.54, 1.807) is 4.90 Å². The van der Waals surface area contributed by atoms with Crippen molar-refractivity contribution in [3.8, 4) is 0 Å². The average molecular weight is 228 g/mol. The fourth-order valence-electron chi connectivity index (χ4n) is 1.87. The van der Waals surface area contributed by atoms with Crippen LogP contribution in [0.4, 0.5) is 4.79 Å². The van der Waals surface area contributed by atoms with Crippen LogP contribution in [0, 0.1) is 0 Å². The van der Waals surface area contributed by atoms with Gasteiger partial charge in [-0.2, -0.15) is 0 Å². The Bertz CT molecular complexity index is 240. The van der Waals surface area contributed by atoms with Crippen molar-refractivity contribution in [1.29, 1.82) is 0 Å². The van der Waals surface area contributed by atoms with Gasteiger partial charge < -0.3 is 14.5 Å². The van der Waals surface area contributed by atoms with E-state index in [0.717, 1.165) is 25.9 Å². The van der Waals surface area contributed by atoms with E-state index in [1.165, 1.54) is 0 Å². The summed E-state index contributed by atoms with van der Waals surface area (Å²) in [4.78, 5) is 15.9. The highest BCUT2D eigenvalue weighted by Crippen LogP contribution is 2.17. The lowest BCUT2D eigenvalue weighted by Gasteiger charge is -2.35. The lowest BCUT2D eigenvalue weighted by Crippen LogP contribution is -2.46. The van der Waals surface area contributed by atoms with Gasteiger partial charge in [-0.05, 0) is 53.8 Å². The third kappa shape index (κ3) is 4.00. The lowest BCUT2D eigenvalue weighted by molar-refractivity contribution is 0.0162. The molecule has 0 aliphatic carbocycles. The Morgan fingerprint density at radius 1 is 1.31 bits per heavy atom. The number of nitrogens with zero attached hydrogens (tertiary/aromatic N) is 2. The molecule has 1 amide bonds. The fraction of sp³-hybridized carbons (Fsp3) is 0.917. The van der Waals surface area contributed by atoms with Crippen LogP contribution in [0.15, 0.2) is 0 Å². The number of likely N-dealkylation sites (tertiary alicyclic amines) is 1. The van der Waals surface area contributed by atoms with Crippen LogP contribution in [0.25, 0.3) is 0 Å². The minimum atomic E-state index is -0.406. The third-order valence-electron chi connectivity index (χ3n) is 2.92. The predicted octanol–water partition coefficient (Wildman–Crippen LogP) is 1.95. The van der Waals surface area contributed by atoms with Crippen molar-refractivity contribution in [1.82, 2.24) is 9.80 Å². The summed E-state index contributed by atoms with van der Waals surface area (Å²) in [7, 11) is 3.95. The van der Waals surface area contributed by atoms with Gasteiger partial charge in [0.15, 0.2) is 0 Å². The molecule has 0 N–H and O–H groups in total. The number of hydrogen-bond donors (Lipinski definition) is 0. The molecule has 0 spiro atoms. The van der Waals surface area contributed by atoms with Crippen LogP contribution < -0.4 is 0 Å². The summed E-state index contributed by atoms with van der Waals surface area (Å²) < 4.78 is 5.35. The van der Waals surface area contributed by atoms with E-state index in [-0.39, 0.29) is 6.09 Å². The molecule has 16 heavy (non-hydrogen) atoms. The molecule has 1 aliphatic rings. The van der Waals surface area contributed by atoms with E-state index in [4.69, 9.17) is 4.74 Å². The molecule has 1 fully saturated rings. The summed E-state index contributed by atoms with van der Waals surface area (Å²) in [6.07, 6.45) is 1.86. The number of ether oxygens (including phenoxy) is 1. The summed E-state index contributed by atoms with van der Waals surface area (Å²) in [5, 5.41) is 0. The van der Waals surface area contributed by atoms with Gasteiger partial charge in [-0.15, -0.1) is 0 Å². The Balaban J connectivity index is 2.45. The minimum Gasteiger partial charge on any atom is -0.444 e. The molecule has 1 saturated heterocycles. The minimum absolute atomic E-state index is 0.206. The number of amides is 1. The number of hydrogen-bond acceptors (Lipinski definition) is 3. The monoisotopic (exact) mass is 228 g/mol. The van der Waals surface area contributed by atoms with Crippen LogP contribution in [0.3, 0.4) is 0 Å². The first-order chi connectivity index (χ1) is 7.29. The molecule has 0 unspecified atom stereocenters. The molecule has 4 nitrogen and oxygen atoms in total. The van der Waals surface area contributed by atoms with Gasteiger partial charge in [-0.3, -0.25) is 0 Å². The summed E-state index contributed by atoms with van der Waals surface area (Å²) in [6.45, 7) is 7.80.